The first kappa shape index (κ1) is 22.9. The van der Waals surface area contributed by atoms with Crippen LogP contribution in [0.5, 0.6) is 11.5 Å². The van der Waals surface area contributed by atoms with Gasteiger partial charge in [0.25, 0.3) is 0 Å². The van der Waals surface area contributed by atoms with E-state index in [1.807, 2.05) is 32.6 Å². The van der Waals surface area contributed by atoms with Gasteiger partial charge in [-0.2, -0.15) is 0 Å². The molecule has 0 aromatic heterocycles. The van der Waals surface area contributed by atoms with Crippen LogP contribution in [0.1, 0.15) is 30.1 Å². The van der Waals surface area contributed by atoms with E-state index < -0.39 is 24.3 Å². The second-order valence-electron chi connectivity index (χ2n) is 7.59. The van der Waals surface area contributed by atoms with E-state index in [-0.39, 0.29) is 16.2 Å². The minimum atomic E-state index is -4.17. The quantitative estimate of drug-likeness (QED) is 0.447. The number of sulfonamides is 1. The zero-order valence-electron chi connectivity index (χ0n) is 17.2. The highest BCUT2D eigenvalue weighted by atomic mass is 32.2. The molecule has 158 valence electrons. The van der Waals surface area contributed by atoms with Crippen LogP contribution in [0.25, 0.3) is 0 Å². The summed E-state index contributed by atoms with van der Waals surface area (Å²) in [4.78, 5) is 12.3. The Balaban J connectivity index is 2.60. The van der Waals surface area contributed by atoms with Crippen LogP contribution in [0.3, 0.4) is 0 Å². The SMILES string of the molecule is CCCCNc1cc(C(=O)O[Si](C)(C)C)cc(S(N)(=O)=O)c1Oc1ccccc1. The van der Waals surface area contributed by atoms with Crippen LogP contribution in [0, 0.1) is 0 Å². The van der Waals surface area contributed by atoms with Gasteiger partial charge in [0, 0.05) is 6.54 Å². The number of nitrogens with two attached hydrogens (primary N) is 1. The molecule has 0 spiro atoms. The zero-order valence-corrected chi connectivity index (χ0v) is 19.0. The van der Waals surface area contributed by atoms with Gasteiger partial charge in [0.15, 0.2) is 5.75 Å². The molecule has 0 aliphatic carbocycles. The second kappa shape index (κ2) is 9.42. The van der Waals surface area contributed by atoms with Crippen molar-refractivity contribution < 1.29 is 22.4 Å². The van der Waals surface area contributed by atoms with Crippen molar-refractivity contribution >= 4 is 30.0 Å². The summed E-state index contributed by atoms with van der Waals surface area (Å²) in [7, 11) is -6.34. The number of benzene rings is 2. The summed E-state index contributed by atoms with van der Waals surface area (Å²) in [5, 5.41) is 8.62. The van der Waals surface area contributed by atoms with E-state index in [1.165, 1.54) is 6.07 Å². The monoisotopic (exact) mass is 436 g/mol. The Morgan fingerprint density at radius 1 is 1.14 bits per heavy atom. The molecule has 9 heteroatoms. The molecular weight excluding hydrogens is 408 g/mol. The highest BCUT2D eigenvalue weighted by Crippen LogP contribution is 2.37. The van der Waals surface area contributed by atoms with Crippen molar-refractivity contribution in [2.45, 2.75) is 44.3 Å². The number of anilines is 1. The molecule has 2 rings (SSSR count). The first-order valence-corrected chi connectivity index (χ1v) is 14.4. The summed E-state index contributed by atoms with van der Waals surface area (Å²) < 4.78 is 36.0. The Kier molecular flexibility index (Phi) is 7.45. The van der Waals surface area contributed by atoms with Crippen LogP contribution < -0.4 is 15.2 Å². The van der Waals surface area contributed by atoms with Crippen molar-refractivity contribution in [3.8, 4) is 11.5 Å². The minimum Gasteiger partial charge on any atom is -0.516 e. The van der Waals surface area contributed by atoms with Crippen LogP contribution in [0.4, 0.5) is 5.69 Å². The van der Waals surface area contributed by atoms with E-state index in [2.05, 4.69) is 5.32 Å². The van der Waals surface area contributed by atoms with E-state index in [9.17, 15) is 13.2 Å². The summed E-state index contributed by atoms with van der Waals surface area (Å²) in [5.41, 5.74) is 0.479. The third-order valence-electron chi connectivity index (χ3n) is 3.80. The maximum absolute atomic E-state index is 12.6. The predicted octanol–water partition coefficient (Wildman–Crippen LogP) is 4.33. The number of nitrogens with one attached hydrogen (secondary N) is 1. The number of primary sulfonamides is 1. The Morgan fingerprint density at radius 2 is 1.79 bits per heavy atom. The summed E-state index contributed by atoms with van der Waals surface area (Å²) in [6.45, 7) is 8.25. The van der Waals surface area contributed by atoms with Crippen LogP contribution in [0.15, 0.2) is 47.4 Å². The third kappa shape index (κ3) is 6.88. The molecule has 0 heterocycles. The maximum atomic E-state index is 12.6. The molecule has 7 nitrogen and oxygen atoms in total. The average molecular weight is 437 g/mol. The van der Waals surface area contributed by atoms with E-state index in [4.69, 9.17) is 14.3 Å². The lowest BCUT2D eigenvalue weighted by molar-refractivity contribution is 0.0724. The number of carbonyl (C=O) groups is 1. The molecule has 0 fully saturated rings. The Morgan fingerprint density at radius 3 is 2.34 bits per heavy atom. The molecule has 0 saturated carbocycles. The van der Waals surface area contributed by atoms with Gasteiger partial charge in [0.05, 0.1) is 11.3 Å². The standard InChI is InChI=1S/C20H28N2O5SSi/c1-5-6-12-22-17-13-15(20(23)27-29(2,3)4)14-18(28(21,24)25)19(17)26-16-10-8-7-9-11-16/h7-11,13-14,22H,5-6,12H2,1-4H3,(H2,21,24,25). The summed E-state index contributed by atoms with van der Waals surface area (Å²) in [6.07, 6.45) is 1.81. The van der Waals surface area contributed by atoms with E-state index >= 15 is 0 Å². The van der Waals surface area contributed by atoms with Crippen molar-refractivity contribution in [3.05, 3.63) is 48.0 Å². The zero-order chi connectivity index (χ0) is 21.7. The largest absolute Gasteiger partial charge is 0.516 e. The first-order chi connectivity index (χ1) is 13.5. The number of ether oxygens (including phenoxy) is 1. The van der Waals surface area contributed by atoms with Crippen molar-refractivity contribution in [1.29, 1.82) is 0 Å². The smallest absolute Gasteiger partial charge is 0.324 e. The van der Waals surface area contributed by atoms with Crippen molar-refractivity contribution in [3.63, 3.8) is 0 Å². The molecule has 0 atom stereocenters. The minimum absolute atomic E-state index is 0.0550. The van der Waals surface area contributed by atoms with Crippen molar-refractivity contribution in [2.75, 3.05) is 11.9 Å². The number of rotatable bonds is 9. The van der Waals surface area contributed by atoms with Gasteiger partial charge in [-0.25, -0.2) is 18.4 Å². The normalized spacial score (nSPS) is 11.8. The fourth-order valence-corrected chi connectivity index (χ4v) is 3.89. The highest BCUT2D eigenvalue weighted by molar-refractivity contribution is 7.89. The molecule has 0 aliphatic rings. The third-order valence-corrected chi connectivity index (χ3v) is 5.52. The number of carbonyl (C=O) groups excluding carboxylic acids is 1. The lowest BCUT2D eigenvalue weighted by Gasteiger charge is -2.20. The Bertz CT molecular complexity index is 957. The molecule has 0 unspecified atom stereocenters. The van der Waals surface area contributed by atoms with Gasteiger partial charge in [-0.05, 0) is 50.3 Å². The fourth-order valence-electron chi connectivity index (χ4n) is 2.51. The Hall–Kier alpha value is -2.36. The summed E-state index contributed by atoms with van der Waals surface area (Å²) in [5.74, 6) is -0.0772. The van der Waals surface area contributed by atoms with Crippen LogP contribution in [-0.4, -0.2) is 29.2 Å². The number of para-hydroxylation sites is 1. The van der Waals surface area contributed by atoms with Crippen LogP contribution in [-0.2, 0) is 14.4 Å². The average Bonchev–Trinajstić information content (AvgIpc) is 2.61. The highest BCUT2D eigenvalue weighted by Gasteiger charge is 2.26. The number of hydrogen-bond donors (Lipinski definition) is 2. The van der Waals surface area contributed by atoms with Gasteiger partial charge in [-0.1, -0.05) is 31.5 Å². The molecule has 0 bridgehead atoms. The molecule has 0 amide bonds. The van der Waals surface area contributed by atoms with E-state index in [0.717, 1.165) is 12.8 Å². The van der Waals surface area contributed by atoms with Gasteiger partial charge in [0.1, 0.15) is 10.6 Å². The lowest BCUT2D eigenvalue weighted by Crippen LogP contribution is -2.29. The van der Waals surface area contributed by atoms with Crippen LogP contribution >= 0.6 is 0 Å². The van der Waals surface area contributed by atoms with Crippen LogP contribution in [0.2, 0.25) is 19.6 Å². The van der Waals surface area contributed by atoms with Gasteiger partial charge in [0.2, 0.25) is 18.3 Å². The van der Waals surface area contributed by atoms with Gasteiger partial charge < -0.3 is 14.5 Å². The molecule has 3 N–H and O–H groups in total. The van der Waals surface area contributed by atoms with Gasteiger partial charge in [-0.3, -0.25) is 0 Å². The molecule has 2 aromatic carbocycles. The summed E-state index contributed by atoms with van der Waals surface area (Å²) in [6, 6.07) is 11.5. The van der Waals surface area contributed by atoms with E-state index in [1.54, 1.807) is 30.3 Å². The second-order valence-corrected chi connectivity index (χ2v) is 13.6. The maximum Gasteiger partial charge on any atom is 0.324 e. The Labute approximate surface area is 173 Å². The van der Waals surface area contributed by atoms with Crippen molar-refractivity contribution in [2.24, 2.45) is 5.14 Å². The van der Waals surface area contributed by atoms with Crippen molar-refractivity contribution in [1.82, 2.24) is 0 Å². The first-order valence-electron chi connectivity index (χ1n) is 9.42. The topological polar surface area (TPSA) is 108 Å². The summed E-state index contributed by atoms with van der Waals surface area (Å²) >= 11 is 0. The van der Waals surface area contributed by atoms with Gasteiger partial charge >= 0.3 is 5.97 Å². The molecule has 0 aliphatic heterocycles. The van der Waals surface area contributed by atoms with E-state index in [0.29, 0.717) is 18.0 Å². The lowest BCUT2D eigenvalue weighted by atomic mass is 10.1. The molecule has 0 saturated heterocycles. The number of unbranched alkanes of at least 4 members (excludes halogenated alkanes) is 1. The number of hydrogen-bond acceptors (Lipinski definition) is 6. The molecule has 0 radical (unpaired) electrons. The fraction of sp³-hybridized carbons (Fsp3) is 0.350. The molecule has 2 aromatic rings. The van der Waals surface area contributed by atoms with Gasteiger partial charge in [-0.15, -0.1) is 0 Å². The molecule has 29 heavy (non-hydrogen) atoms. The molecular formula is C20H28N2O5SSi. The predicted molar refractivity (Wildman–Crippen MR) is 116 cm³/mol.